The number of nitrogens with one attached hydrogen (secondary N) is 1. The maximum absolute atomic E-state index is 5.69. The van der Waals surface area contributed by atoms with E-state index in [0.29, 0.717) is 5.92 Å². The van der Waals surface area contributed by atoms with E-state index in [9.17, 15) is 0 Å². The summed E-state index contributed by atoms with van der Waals surface area (Å²) in [5.74, 6) is 6.32. The van der Waals surface area contributed by atoms with Crippen molar-refractivity contribution >= 4 is 16.6 Å². The van der Waals surface area contributed by atoms with Gasteiger partial charge in [0, 0.05) is 17.0 Å². The molecule has 0 spiro atoms. The first kappa shape index (κ1) is 12.4. The lowest BCUT2D eigenvalue weighted by Crippen LogP contribution is -2.14. The van der Waals surface area contributed by atoms with Crippen molar-refractivity contribution < 1.29 is 0 Å². The lowest BCUT2D eigenvalue weighted by atomic mass is 9.85. The molecule has 1 saturated carbocycles. The fourth-order valence-electron chi connectivity index (χ4n) is 2.58. The summed E-state index contributed by atoms with van der Waals surface area (Å²) < 4.78 is 0. The Labute approximate surface area is 114 Å². The smallest absolute Gasteiger partial charge is 0.0763 e. The Hall–Kier alpha value is -1.61. The van der Waals surface area contributed by atoms with Gasteiger partial charge in [0.25, 0.3) is 0 Å². The molecule has 1 fully saturated rings. The summed E-state index contributed by atoms with van der Waals surface area (Å²) in [6.45, 7) is 6.67. The van der Waals surface area contributed by atoms with Crippen LogP contribution in [0.4, 0.5) is 5.69 Å². The van der Waals surface area contributed by atoms with Gasteiger partial charge in [0.2, 0.25) is 0 Å². The third kappa shape index (κ3) is 2.19. The van der Waals surface area contributed by atoms with Gasteiger partial charge in [-0.25, -0.2) is 0 Å². The molecule has 3 rings (SSSR count). The molecule has 0 bridgehead atoms. The number of nitrogen functional groups attached to an aromatic ring is 1. The van der Waals surface area contributed by atoms with Crippen molar-refractivity contribution in [1.82, 2.24) is 4.98 Å². The molecule has 0 unspecified atom stereocenters. The van der Waals surface area contributed by atoms with Crippen LogP contribution in [0.3, 0.4) is 0 Å². The summed E-state index contributed by atoms with van der Waals surface area (Å²) in [6, 6.07) is 8.45. The Morgan fingerprint density at radius 2 is 2.00 bits per heavy atom. The van der Waals surface area contributed by atoms with Gasteiger partial charge in [-0.05, 0) is 29.9 Å². The quantitative estimate of drug-likeness (QED) is 0.635. The van der Waals surface area contributed by atoms with E-state index in [1.165, 1.54) is 24.1 Å². The number of rotatable bonds is 2. The molecule has 3 nitrogen and oxygen atoms in total. The van der Waals surface area contributed by atoms with Gasteiger partial charge in [-0.1, -0.05) is 39.0 Å². The Morgan fingerprint density at radius 3 is 2.58 bits per heavy atom. The summed E-state index contributed by atoms with van der Waals surface area (Å²) in [4.78, 5) is 4.92. The van der Waals surface area contributed by atoms with E-state index >= 15 is 0 Å². The van der Waals surface area contributed by atoms with Crippen LogP contribution in [0.15, 0.2) is 24.3 Å². The molecule has 0 aliphatic heterocycles. The van der Waals surface area contributed by atoms with E-state index in [4.69, 9.17) is 10.8 Å². The third-order valence-electron chi connectivity index (χ3n) is 3.82. The number of hydrogen-bond acceptors (Lipinski definition) is 3. The van der Waals surface area contributed by atoms with E-state index in [1.54, 1.807) is 0 Å². The molecule has 1 aliphatic rings. The fourth-order valence-corrected chi connectivity index (χ4v) is 2.58. The Bertz CT molecular complexity index is 622. The number of pyridine rings is 1. The highest BCUT2D eigenvalue weighted by atomic mass is 15.2. The summed E-state index contributed by atoms with van der Waals surface area (Å²) in [5.41, 5.74) is 7.45. The number of benzene rings is 1. The van der Waals surface area contributed by atoms with Crippen LogP contribution in [0.1, 0.15) is 50.8 Å². The normalized spacial score (nSPS) is 15.8. The van der Waals surface area contributed by atoms with Crippen molar-refractivity contribution in [3.05, 3.63) is 35.5 Å². The van der Waals surface area contributed by atoms with Gasteiger partial charge in [0.1, 0.15) is 0 Å². The summed E-state index contributed by atoms with van der Waals surface area (Å²) in [6.07, 6.45) is 2.50. The first-order valence-electron chi connectivity index (χ1n) is 6.91. The second-order valence-corrected chi connectivity index (χ2v) is 6.47. The molecule has 3 heteroatoms. The van der Waals surface area contributed by atoms with Gasteiger partial charge >= 0.3 is 0 Å². The number of anilines is 1. The maximum atomic E-state index is 5.69. The first-order valence-corrected chi connectivity index (χ1v) is 6.91. The monoisotopic (exact) mass is 255 g/mol. The van der Waals surface area contributed by atoms with Crippen molar-refractivity contribution in [2.75, 3.05) is 5.43 Å². The Kier molecular flexibility index (Phi) is 2.75. The van der Waals surface area contributed by atoms with Gasteiger partial charge in [0.05, 0.1) is 11.2 Å². The largest absolute Gasteiger partial charge is 0.323 e. The Morgan fingerprint density at radius 1 is 1.26 bits per heavy atom. The van der Waals surface area contributed by atoms with Crippen LogP contribution in [0.25, 0.3) is 10.9 Å². The number of nitrogens with zero attached hydrogens (tertiary/aromatic N) is 1. The highest BCUT2D eigenvalue weighted by Crippen LogP contribution is 2.42. The summed E-state index contributed by atoms with van der Waals surface area (Å²) >= 11 is 0. The van der Waals surface area contributed by atoms with Crippen molar-refractivity contribution in [2.24, 2.45) is 5.84 Å². The van der Waals surface area contributed by atoms with Gasteiger partial charge in [-0.2, -0.15) is 0 Å². The van der Waals surface area contributed by atoms with Gasteiger partial charge < -0.3 is 5.43 Å². The average Bonchev–Trinajstić information content (AvgIpc) is 3.19. The van der Waals surface area contributed by atoms with Crippen LogP contribution >= 0.6 is 0 Å². The Balaban J connectivity index is 2.31. The molecular formula is C16H21N3. The zero-order valence-corrected chi connectivity index (χ0v) is 11.8. The molecule has 2 aromatic rings. The van der Waals surface area contributed by atoms with E-state index < -0.39 is 0 Å². The van der Waals surface area contributed by atoms with Crippen molar-refractivity contribution in [3.8, 4) is 0 Å². The van der Waals surface area contributed by atoms with Crippen molar-refractivity contribution in [3.63, 3.8) is 0 Å². The van der Waals surface area contributed by atoms with E-state index in [1.807, 2.05) is 0 Å². The minimum Gasteiger partial charge on any atom is -0.323 e. The highest BCUT2D eigenvalue weighted by molar-refractivity contribution is 5.94. The lowest BCUT2D eigenvalue weighted by Gasteiger charge is -2.22. The number of nitrogens with two attached hydrogens (primary N) is 1. The molecule has 0 radical (unpaired) electrons. The van der Waals surface area contributed by atoms with Crippen molar-refractivity contribution in [1.29, 1.82) is 0 Å². The van der Waals surface area contributed by atoms with Gasteiger partial charge in [-0.3, -0.25) is 10.8 Å². The zero-order chi connectivity index (χ0) is 13.6. The molecule has 3 N–H and O–H groups in total. The number of hydrazine groups is 1. The number of para-hydroxylation sites is 1. The van der Waals surface area contributed by atoms with Crippen LogP contribution in [0, 0.1) is 0 Å². The zero-order valence-electron chi connectivity index (χ0n) is 11.8. The molecule has 1 heterocycles. The van der Waals surface area contributed by atoms with Crippen LogP contribution in [-0.4, -0.2) is 4.98 Å². The van der Waals surface area contributed by atoms with Crippen LogP contribution in [0.5, 0.6) is 0 Å². The molecule has 0 atom stereocenters. The number of aromatic nitrogens is 1. The third-order valence-corrected chi connectivity index (χ3v) is 3.82. The highest BCUT2D eigenvalue weighted by Gasteiger charge is 2.27. The average molecular weight is 255 g/mol. The van der Waals surface area contributed by atoms with E-state index in [2.05, 4.69) is 50.5 Å². The predicted octanol–water partition coefficient (Wildman–Crippen LogP) is 3.70. The summed E-state index contributed by atoms with van der Waals surface area (Å²) in [7, 11) is 0. The summed E-state index contributed by atoms with van der Waals surface area (Å²) in [5, 5.41) is 1.11. The minimum absolute atomic E-state index is 0.0839. The lowest BCUT2D eigenvalue weighted by molar-refractivity contribution is 0.594. The molecule has 1 aromatic heterocycles. The first-order chi connectivity index (χ1) is 9.00. The molecule has 0 saturated heterocycles. The molecule has 0 amide bonds. The fraction of sp³-hybridized carbons (Fsp3) is 0.438. The van der Waals surface area contributed by atoms with Crippen LogP contribution in [-0.2, 0) is 5.41 Å². The molecule has 100 valence electrons. The minimum atomic E-state index is 0.0839. The van der Waals surface area contributed by atoms with E-state index in [-0.39, 0.29) is 5.41 Å². The molecule has 1 aliphatic carbocycles. The maximum Gasteiger partial charge on any atom is 0.0763 e. The van der Waals surface area contributed by atoms with E-state index in [0.717, 1.165) is 16.6 Å². The van der Waals surface area contributed by atoms with Crippen LogP contribution < -0.4 is 11.3 Å². The second-order valence-electron chi connectivity index (χ2n) is 6.47. The number of fused-ring (bicyclic) bond motifs is 1. The molecule has 1 aromatic carbocycles. The van der Waals surface area contributed by atoms with Gasteiger partial charge in [0.15, 0.2) is 0 Å². The van der Waals surface area contributed by atoms with Gasteiger partial charge in [-0.15, -0.1) is 0 Å². The van der Waals surface area contributed by atoms with Crippen molar-refractivity contribution in [2.45, 2.75) is 44.9 Å². The topological polar surface area (TPSA) is 50.9 Å². The predicted molar refractivity (Wildman–Crippen MR) is 80.2 cm³/mol. The molecular weight excluding hydrogens is 234 g/mol. The second kappa shape index (κ2) is 4.20. The standard InChI is InChI=1S/C16H21N3/c1-16(2,3)12-6-4-5-11-14(19-17)9-13(10-7-8-10)18-15(11)12/h4-6,9-10H,7-8,17H2,1-3H3,(H,18,19). The SMILES string of the molecule is CC(C)(C)c1cccc2c(NN)cc(C3CC3)nc12. The molecule has 19 heavy (non-hydrogen) atoms. The number of hydrogen-bond donors (Lipinski definition) is 2. The van der Waals surface area contributed by atoms with Crippen LogP contribution in [0.2, 0.25) is 0 Å².